The molecular weight excluding hydrogens is 274 g/mol. The first-order valence-electron chi connectivity index (χ1n) is 4.02. The van der Waals surface area contributed by atoms with Crippen LogP contribution in [0.4, 0.5) is 32.0 Å². The van der Waals surface area contributed by atoms with Crippen LogP contribution in [0.1, 0.15) is 11.1 Å². The molecule has 0 radical (unpaired) electrons. The molecule has 0 heterocycles. The first kappa shape index (κ1) is 13.9. The summed E-state index contributed by atoms with van der Waals surface area (Å²) < 4.78 is 74.3. The molecule has 1 aromatic carbocycles. The Kier molecular flexibility index (Phi) is 3.49. The molecule has 2 nitrogen and oxygen atoms in total. The summed E-state index contributed by atoms with van der Waals surface area (Å²) in [5, 5.41) is -0.863. The van der Waals surface area contributed by atoms with Crippen molar-refractivity contribution in [2.24, 2.45) is 5.84 Å². The van der Waals surface area contributed by atoms with Crippen LogP contribution in [0.15, 0.2) is 12.1 Å². The molecule has 0 fully saturated rings. The topological polar surface area (TPSA) is 38.0 Å². The van der Waals surface area contributed by atoms with Crippen molar-refractivity contribution in [3.05, 3.63) is 28.3 Å². The molecule has 17 heavy (non-hydrogen) atoms. The van der Waals surface area contributed by atoms with Crippen LogP contribution in [0.25, 0.3) is 0 Å². The highest BCUT2D eigenvalue weighted by Crippen LogP contribution is 2.42. The molecule has 0 amide bonds. The van der Waals surface area contributed by atoms with Crippen LogP contribution < -0.4 is 11.3 Å². The minimum Gasteiger partial charge on any atom is -0.323 e. The smallest absolute Gasteiger partial charge is 0.323 e. The van der Waals surface area contributed by atoms with Crippen molar-refractivity contribution in [2.75, 3.05) is 5.43 Å². The zero-order valence-corrected chi connectivity index (χ0v) is 8.63. The van der Waals surface area contributed by atoms with E-state index in [0.717, 1.165) is 0 Å². The summed E-state index contributed by atoms with van der Waals surface area (Å²) in [6.45, 7) is 0. The number of nitrogen functional groups attached to an aromatic ring is 1. The summed E-state index contributed by atoms with van der Waals surface area (Å²) in [7, 11) is 0. The molecule has 0 aliphatic rings. The molecule has 9 heteroatoms. The van der Waals surface area contributed by atoms with E-state index in [9.17, 15) is 26.3 Å². The maximum atomic E-state index is 12.4. The Bertz CT molecular complexity index is 425. The third kappa shape index (κ3) is 2.95. The van der Waals surface area contributed by atoms with E-state index in [1.807, 2.05) is 0 Å². The van der Waals surface area contributed by atoms with Gasteiger partial charge in [0, 0.05) is 0 Å². The van der Waals surface area contributed by atoms with Gasteiger partial charge in [0.25, 0.3) is 0 Å². The molecule has 0 atom stereocenters. The monoisotopic (exact) mass is 278 g/mol. The van der Waals surface area contributed by atoms with Gasteiger partial charge in [0.15, 0.2) is 0 Å². The van der Waals surface area contributed by atoms with Crippen molar-refractivity contribution in [2.45, 2.75) is 12.4 Å². The van der Waals surface area contributed by atoms with E-state index in [1.165, 1.54) is 0 Å². The van der Waals surface area contributed by atoms with Gasteiger partial charge in [0.2, 0.25) is 0 Å². The minimum atomic E-state index is -4.97. The van der Waals surface area contributed by atoms with Crippen LogP contribution in [0, 0.1) is 0 Å². The number of anilines is 1. The standard InChI is InChI=1S/C8H5ClF6N2/c9-5-2-6(17-16)4(8(13,14)15)1-3(5)7(10,11)12/h1-2,17H,16H2. The molecule has 0 aliphatic carbocycles. The Morgan fingerprint density at radius 3 is 1.76 bits per heavy atom. The number of alkyl halides is 6. The lowest BCUT2D eigenvalue weighted by Gasteiger charge is -2.16. The first-order chi connectivity index (χ1) is 7.57. The number of benzene rings is 1. The van der Waals surface area contributed by atoms with Crippen LogP contribution in [0.5, 0.6) is 0 Å². The van der Waals surface area contributed by atoms with Gasteiger partial charge >= 0.3 is 12.4 Å². The Labute approximate surface area is 96.3 Å². The molecule has 0 aromatic heterocycles. The van der Waals surface area contributed by atoms with Crippen molar-refractivity contribution in [3.63, 3.8) is 0 Å². The van der Waals surface area contributed by atoms with Gasteiger partial charge in [-0.2, -0.15) is 26.3 Å². The Balaban J connectivity index is 3.49. The Morgan fingerprint density at radius 2 is 1.41 bits per heavy atom. The van der Waals surface area contributed by atoms with Gasteiger partial charge < -0.3 is 5.43 Å². The van der Waals surface area contributed by atoms with E-state index < -0.39 is 34.2 Å². The normalized spacial score (nSPS) is 12.7. The first-order valence-corrected chi connectivity index (χ1v) is 4.39. The predicted molar refractivity (Wildman–Crippen MR) is 49.3 cm³/mol. The zero-order chi connectivity index (χ0) is 13.4. The van der Waals surface area contributed by atoms with Crippen molar-refractivity contribution < 1.29 is 26.3 Å². The number of nitrogens with one attached hydrogen (secondary N) is 1. The lowest BCUT2D eigenvalue weighted by Crippen LogP contribution is -2.17. The molecule has 3 N–H and O–H groups in total. The fraction of sp³-hybridized carbons (Fsp3) is 0.250. The number of hydrogen-bond donors (Lipinski definition) is 2. The summed E-state index contributed by atoms with van der Waals surface area (Å²) in [6.07, 6.45) is -9.93. The van der Waals surface area contributed by atoms with Gasteiger partial charge in [0.1, 0.15) is 0 Å². The molecule has 0 saturated carbocycles. The summed E-state index contributed by atoms with van der Waals surface area (Å²) >= 11 is 5.23. The lowest BCUT2D eigenvalue weighted by molar-refractivity contribution is -0.142. The SMILES string of the molecule is NNc1cc(Cl)c(C(F)(F)F)cc1C(F)(F)F. The van der Waals surface area contributed by atoms with E-state index in [1.54, 1.807) is 5.43 Å². The third-order valence-corrected chi connectivity index (χ3v) is 2.19. The molecule has 1 rings (SSSR count). The maximum absolute atomic E-state index is 12.4. The molecule has 0 aliphatic heterocycles. The maximum Gasteiger partial charge on any atom is 0.418 e. The molecule has 0 saturated heterocycles. The number of hydrazine groups is 1. The van der Waals surface area contributed by atoms with Crippen LogP contribution in [0.2, 0.25) is 5.02 Å². The molecule has 96 valence electrons. The highest BCUT2D eigenvalue weighted by molar-refractivity contribution is 6.31. The second-order valence-corrected chi connectivity index (χ2v) is 3.42. The number of rotatable bonds is 1. The molecule has 0 unspecified atom stereocenters. The fourth-order valence-electron chi connectivity index (χ4n) is 1.14. The van der Waals surface area contributed by atoms with Crippen molar-refractivity contribution >= 4 is 17.3 Å². The average Bonchev–Trinajstić information content (AvgIpc) is 2.13. The van der Waals surface area contributed by atoms with Gasteiger partial charge in [-0.25, -0.2) is 0 Å². The van der Waals surface area contributed by atoms with Gasteiger partial charge in [-0.1, -0.05) is 11.6 Å². The van der Waals surface area contributed by atoms with Gasteiger partial charge in [-0.15, -0.1) is 0 Å². The number of halogens is 7. The largest absolute Gasteiger partial charge is 0.418 e. The third-order valence-electron chi connectivity index (χ3n) is 1.87. The van der Waals surface area contributed by atoms with Crippen molar-refractivity contribution in [1.82, 2.24) is 0 Å². The molecule has 0 bridgehead atoms. The highest BCUT2D eigenvalue weighted by atomic mass is 35.5. The van der Waals surface area contributed by atoms with E-state index >= 15 is 0 Å². The van der Waals surface area contributed by atoms with E-state index in [4.69, 9.17) is 17.4 Å². The summed E-state index contributed by atoms with van der Waals surface area (Å²) in [5.41, 5.74) is -2.17. The summed E-state index contributed by atoms with van der Waals surface area (Å²) in [4.78, 5) is 0. The van der Waals surface area contributed by atoms with E-state index in [0.29, 0.717) is 6.07 Å². The average molecular weight is 279 g/mol. The summed E-state index contributed by atoms with van der Waals surface area (Å²) in [5.74, 6) is 4.79. The lowest BCUT2D eigenvalue weighted by atomic mass is 10.1. The molecule has 0 spiro atoms. The van der Waals surface area contributed by atoms with Gasteiger partial charge in [0.05, 0.1) is 21.8 Å². The minimum absolute atomic E-state index is 0.0858. The quantitative estimate of drug-likeness (QED) is 0.467. The number of hydrogen-bond acceptors (Lipinski definition) is 2. The second kappa shape index (κ2) is 4.26. The van der Waals surface area contributed by atoms with Crippen LogP contribution in [-0.4, -0.2) is 0 Å². The Morgan fingerprint density at radius 1 is 0.941 bits per heavy atom. The van der Waals surface area contributed by atoms with Gasteiger partial charge in [-0.3, -0.25) is 5.84 Å². The van der Waals surface area contributed by atoms with Crippen molar-refractivity contribution in [3.8, 4) is 0 Å². The summed E-state index contributed by atoms with van der Waals surface area (Å²) in [6, 6.07) is 0.394. The highest BCUT2D eigenvalue weighted by Gasteiger charge is 2.39. The van der Waals surface area contributed by atoms with Crippen molar-refractivity contribution in [1.29, 1.82) is 0 Å². The molecular formula is C8H5ClF6N2. The van der Waals surface area contributed by atoms with E-state index in [2.05, 4.69) is 0 Å². The van der Waals surface area contributed by atoms with Crippen LogP contribution in [0.3, 0.4) is 0 Å². The zero-order valence-electron chi connectivity index (χ0n) is 7.88. The van der Waals surface area contributed by atoms with Crippen LogP contribution in [-0.2, 0) is 12.4 Å². The second-order valence-electron chi connectivity index (χ2n) is 3.02. The Hall–Kier alpha value is -1.15. The number of nitrogens with two attached hydrogens (primary N) is 1. The van der Waals surface area contributed by atoms with Crippen LogP contribution >= 0.6 is 11.6 Å². The fourth-order valence-corrected chi connectivity index (χ4v) is 1.42. The van der Waals surface area contributed by atoms with Gasteiger partial charge in [-0.05, 0) is 12.1 Å². The predicted octanol–water partition coefficient (Wildman–Crippen LogP) is 3.66. The van der Waals surface area contributed by atoms with E-state index in [-0.39, 0.29) is 6.07 Å². The molecule has 1 aromatic rings.